The lowest BCUT2D eigenvalue weighted by molar-refractivity contribution is 0.0986. The van der Waals surface area contributed by atoms with Crippen LogP contribution in [0.4, 0.5) is 5.82 Å². The summed E-state index contributed by atoms with van der Waals surface area (Å²) in [6.07, 6.45) is 6.07. The monoisotopic (exact) mass is 315 g/mol. The molecule has 7 nitrogen and oxygen atoms in total. The molecule has 0 bridgehead atoms. The van der Waals surface area contributed by atoms with Gasteiger partial charge in [-0.25, -0.2) is 4.68 Å². The molecule has 1 aliphatic carbocycles. The van der Waals surface area contributed by atoms with Crippen LogP contribution in [0.25, 0.3) is 0 Å². The molecule has 0 spiro atoms. The van der Waals surface area contributed by atoms with E-state index in [-0.39, 0.29) is 11.7 Å². The maximum absolute atomic E-state index is 12.4. The van der Waals surface area contributed by atoms with Crippen molar-refractivity contribution in [3.8, 4) is 0 Å². The third-order valence-electron chi connectivity index (χ3n) is 4.69. The second-order valence-corrected chi connectivity index (χ2v) is 6.54. The molecule has 4 rings (SSSR count). The van der Waals surface area contributed by atoms with Gasteiger partial charge in [0.15, 0.2) is 0 Å². The second-order valence-electron chi connectivity index (χ2n) is 6.54. The molecule has 2 fully saturated rings. The molecule has 0 radical (unpaired) electrons. The average molecular weight is 315 g/mol. The summed E-state index contributed by atoms with van der Waals surface area (Å²) in [6.45, 7) is 2.09. The van der Waals surface area contributed by atoms with Crippen LogP contribution >= 0.6 is 0 Å². The van der Waals surface area contributed by atoms with Gasteiger partial charge in [-0.15, -0.1) is 0 Å². The number of anilines is 1. The summed E-state index contributed by atoms with van der Waals surface area (Å²) < 4.78 is 7.10. The molecule has 0 unspecified atom stereocenters. The highest BCUT2D eigenvalue weighted by Gasteiger charge is 2.28. The summed E-state index contributed by atoms with van der Waals surface area (Å²) in [6, 6.07) is 3.91. The van der Waals surface area contributed by atoms with Crippen molar-refractivity contribution < 1.29 is 9.32 Å². The van der Waals surface area contributed by atoms with E-state index >= 15 is 0 Å². The standard InChI is InChI=1S/C16H21N5O2/c1-20-8-5-12(6-9-20)21-15(4-7-17-21)18-16(22)14-10-13(19-23-14)11-2-3-11/h4,7,10-12H,2-3,5-6,8-9H2,1H3,(H,18,22). The highest BCUT2D eigenvalue weighted by atomic mass is 16.5. The van der Waals surface area contributed by atoms with Gasteiger partial charge in [0.2, 0.25) is 5.76 Å². The first-order valence-corrected chi connectivity index (χ1v) is 8.21. The number of aromatic nitrogens is 3. The molecule has 2 aromatic rings. The van der Waals surface area contributed by atoms with Crippen molar-refractivity contribution in [2.75, 3.05) is 25.5 Å². The van der Waals surface area contributed by atoms with Crippen LogP contribution in [0.3, 0.4) is 0 Å². The van der Waals surface area contributed by atoms with Crippen LogP contribution in [0.5, 0.6) is 0 Å². The molecule has 1 saturated heterocycles. The summed E-state index contributed by atoms with van der Waals surface area (Å²) in [5.74, 6) is 1.20. The van der Waals surface area contributed by atoms with Crippen LogP contribution < -0.4 is 5.32 Å². The van der Waals surface area contributed by atoms with E-state index in [9.17, 15) is 4.79 Å². The van der Waals surface area contributed by atoms with Crippen LogP contribution in [0, 0.1) is 0 Å². The third-order valence-corrected chi connectivity index (χ3v) is 4.69. The van der Waals surface area contributed by atoms with Gasteiger partial charge in [-0.3, -0.25) is 4.79 Å². The van der Waals surface area contributed by atoms with Crippen molar-refractivity contribution in [2.24, 2.45) is 0 Å². The Kier molecular flexibility index (Phi) is 3.65. The number of piperidine rings is 1. The number of carbonyl (C=O) groups is 1. The molecule has 0 atom stereocenters. The van der Waals surface area contributed by atoms with Crippen molar-refractivity contribution in [2.45, 2.75) is 37.6 Å². The predicted molar refractivity (Wildman–Crippen MR) is 84.4 cm³/mol. The fourth-order valence-corrected chi connectivity index (χ4v) is 3.09. The van der Waals surface area contributed by atoms with Crippen molar-refractivity contribution in [3.05, 3.63) is 29.8 Å². The Bertz CT molecular complexity index is 695. The Balaban J connectivity index is 1.46. The minimum atomic E-state index is -0.265. The van der Waals surface area contributed by atoms with E-state index in [4.69, 9.17) is 4.52 Å². The minimum absolute atomic E-state index is 0.265. The normalized spacial score (nSPS) is 19.9. The van der Waals surface area contributed by atoms with E-state index in [2.05, 4.69) is 27.5 Å². The van der Waals surface area contributed by atoms with Crippen LogP contribution in [0.1, 0.15) is 53.9 Å². The summed E-state index contributed by atoms with van der Waals surface area (Å²) in [4.78, 5) is 14.7. The Morgan fingerprint density at radius 2 is 2.09 bits per heavy atom. The molecule has 7 heteroatoms. The van der Waals surface area contributed by atoms with Gasteiger partial charge in [0.05, 0.1) is 17.9 Å². The molecule has 122 valence electrons. The first kappa shape index (κ1) is 14.4. The molecule has 23 heavy (non-hydrogen) atoms. The molecule has 1 saturated carbocycles. The summed E-state index contributed by atoms with van der Waals surface area (Å²) >= 11 is 0. The molecule has 0 aromatic carbocycles. The smallest absolute Gasteiger partial charge is 0.295 e. The predicted octanol–water partition coefficient (Wildman–Crippen LogP) is 2.27. The maximum atomic E-state index is 12.4. The number of carbonyl (C=O) groups excluding carboxylic acids is 1. The molecule has 1 amide bonds. The van der Waals surface area contributed by atoms with E-state index in [0.29, 0.717) is 17.8 Å². The fourth-order valence-electron chi connectivity index (χ4n) is 3.09. The molecular formula is C16H21N5O2. The lowest BCUT2D eigenvalue weighted by atomic mass is 10.1. The lowest BCUT2D eigenvalue weighted by Gasteiger charge is -2.29. The van der Waals surface area contributed by atoms with Crippen LogP contribution in [-0.2, 0) is 0 Å². The van der Waals surface area contributed by atoms with E-state index < -0.39 is 0 Å². The van der Waals surface area contributed by atoms with Crippen molar-refractivity contribution in [1.29, 1.82) is 0 Å². The van der Waals surface area contributed by atoms with E-state index in [1.54, 1.807) is 12.3 Å². The summed E-state index contributed by atoms with van der Waals surface area (Å²) in [5, 5.41) is 11.3. The molecule has 2 aliphatic rings. The zero-order chi connectivity index (χ0) is 15.8. The zero-order valence-electron chi connectivity index (χ0n) is 13.2. The largest absolute Gasteiger partial charge is 0.351 e. The first-order valence-electron chi connectivity index (χ1n) is 8.21. The number of amides is 1. The highest BCUT2D eigenvalue weighted by Crippen LogP contribution is 2.39. The van der Waals surface area contributed by atoms with Gasteiger partial charge in [-0.05, 0) is 45.8 Å². The number of hydrogen-bond donors (Lipinski definition) is 1. The average Bonchev–Trinajstić information content (AvgIpc) is 3.10. The number of nitrogens with one attached hydrogen (secondary N) is 1. The van der Waals surface area contributed by atoms with Gasteiger partial charge >= 0.3 is 0 Å². The lowest BCUT2D eigenvalue weighted by Crippen LogP contribution is -2.32. The van der Waals surface area contributed by atoms with Gasteiger partial charge in [-0.2, -0.15) is 5.10 Å². The number of likely N-dealkylation sites (tertiary alicyclic amines) is 1. The van der Waals surface area contributed by atoms with Gasteiger partial charge in [0, 0.05) is 18.1 Å². The molecular weight excluding hydrogens is 294 g/mol. The Morgan fingerprint density at radius 1 is 1.30 bits per heavy atom. The van der Waals surface area contributed by atoms with Crippen LogP contribution in [0.2, 0.25) is 0 Å². The van der Waals surface area contributed by atoms with Crippen LogP contribution in [-0.4, -0.2) is 45.9 Å². The van der Waals surface area contributed by atoms with Gasteiger partial charge < -0.3 is 14.7 Å². The summed E-state index contributed by atoms with van der Waals surface area (Å²) in [5.41, 5.74) is 0.888. The number of nitrogens with zero attached hydrogens (tertiary/aromatic N) is 4. The van der Waals surface area contributed by atoms with E-state index in [1.807, 2.05) is 10.7 Å². The van der Waals surface area contributed by atoms with E-state index in [0.717, 1.165) is 44.5 Å². The number of hydrogen-bond acceptors (Lipinski definition) is 5. The maximum Gasteiger partial charge on any atom is 0.295 e. The number of rotatable bonds is 4. The fraction of sp³-hybridized carbons (Fsp3) is 0.562. The quantitative estimate of drug-likeness (QED) is 0.936. The molecule has 2 aromatic heterocycles. The molecule has 1 aliphatic heterocycles. The van der Waals surface area contributed by atoms with Crippen molar-refractivity contribution in [1.82, 2.24) is 19.8 Å². The Hall–Kier alpha value is -2.15. The SMILES string of the molecule is CN1CCC(n2nccc2NC(=O)c2cc(C3CC3)no2)CC1. The third kappa shape index (κ3) is 3.01. The first-order chi connectivity index (χ1) is 11.2. The van der Waals surface area contributed by atoms with Crippen LogP contribution in [0.15, 0.2) is 22.9 Å². The van der Waals surface area contributed by atoms with Crippen molar-refractivity contribution >= 4 is 11.7 Å². The van der Waals surface area contributed by atoms with Gasteiger partial charge in [0.25, 0.3) is 5.91 Å². The highest BCUT2D eigenvalue weighted by molar-refractivity contribution is 6.01. The zero-order valence-corrected chi connectivity index (χ0v) is 13.2. The Labute approximate surface area is 134 Å². The molecule has 1 N–H and O–H groups in total. The minimum Gasteiger partial charge on any atom is -0.351 e. The topological polar surface area (TPSA) is 76.2 Å². The summed E-state index contributed by atoms with van der Waals surface area (Å²) in [7, 11) is 2.13. The van der Waals surface area contributed by atoms with Crippen molar-refractivity contribution in [3.63, 3.8) is 0 Å². The van der Waals surface area contributed by atoms with Gasteiger partial charge in [0.1, 0.15) is 5.82 Å². The second kappa shape index (κ2) is 5.81. The van der Waals surface area contributed by atoms with E-state index in [1.165, 1.54) is 0 Å². The molecule has 3 heterocycles. The van der Waals surface area contributed by atoms with Gasteiger partial charge in [-0.1, -0.05) is 5.16 Å². The Morgan fingerprint density at radius 3 is 2.83 bits per heavy atom.